The number of rotatable bonds is 7. The Labute approximate surface area is 110 Å². The molecule has 0 aliphatic carbocycles. The largest absolute Gasteiger partial charge is 0.407 e. The fourth-order valence-corrected chi connectivity index (χ4v) is 3.42. The van der Waals surface area contributed by atoms with Crippen LogP contribution in [0, 0.1) is 0 Å². The molecule has 0 spiro atoms. The Morgan fingerprint density at radius 1 is 1.37 bits per heavy atom. The Hall–Kier alpha value is -0.530. The van der Waals surface area contributed by atoms with Gasteiger partial charge in [-0.05, 0) is 0 Å². The predicted molar refractivity (Wildman–Crippen MR) is 68.1 cm³/mol. The minimum absolute atomic E-state index is 0.443. The number of hydrogen-bond acceptors (Lipinski definition) is 7. The first-order valence-electron chi connectivity index (χ1n) is 4.49. The van der Waals surface area contributed by atoms with Gasteiger partial charge in [-0.2, -0.15) is 0 Å². The summed E-state index contributed by atoms with van der Waals surface area (Å²) in [6.07, 6.45) is -1.10. The van der Waals surface area contributed by atoms with E-state index < -0.39 is 45.7 Å². The van der Waals surface area contributed by atoms with Gasteiger partial charge in [0.15, 0.2) is 11.8 Å². The smallest absolute Gasteiger partial charge is 0.389 e. The van der Waals surface area contributed by atoms with Crippen molar-refractivity contribution < 1.29 is 37.7 Å². The second kappa shape index (κ2) is 7.31. The van der Waals surface area contributed by atoms with E-state index in [9.17, 15) is 23.9 Å². The Morgan fingerprint density at radius 3 is 2.32 bits per heavy atom. The topological polar surface area (TPSA) is 195 Å². The minimum atomic E-state index is -4.88. The first-order valence-corrected chi connectivity index (χ1v) is 8.37. The molecule has 0 aliphatic rings. The summed E-state index contributed by atoms with van der Waals surface area (Å²) in [5, 5.41) is 9.27. The number of aliphatic imine (C=N–C) groups is 1. The van der Waals surface area contributed by atoms with Gasteiger partial charge in [0.2, 0.25) is 0 Å². The third-order valence-electron chi connectivity index (χ3n) is 1.56. The summed E-state index contributed by atoms with van der Waals surface area (Å²) < 4.78 is 30.6. The lowest BCUT2D eigenvalue weighted by Gasteiger charge is -2.18. The number of aliphatic hydroxyl groups is 1. The van der Waals surface area contributed by atoms with Gasteiger partial charge in [-0.1, -0.05) is 0 Å². The van der Waals surface area contributed by atoms with Crippen LogP contribution in [0.1, 0.15) is 0 Å². The predicted octanol–water partition coefficient (Wildman–Crippen LogP) is -1.70. The molecule has 4 atom stereocenters. The Bertz CT molecular complexity index is 449. The van der Waals surface area contributed by atoms with Gasteiger partial charge in [0.1, 0.15) is 6.54 Å². The molecule has 0 bridgehead atoms. The van der Waals surface area contributed by atoms with Gasteiger partial charge < -0.3 is 30.9 Å². The van der Waals surface area contributed by atoms with Crippen molar-refractivity contribution in [3.05, 3.63) is 0 Å². The third-order valence-corrected chi connectivity index (χ3v) is 5.37. The summed E-state index contributed by atoms with van der Waals surface area (Å²) in [6, 6.07) is 0. The molecule has 0 radical (unpaired) electrons. The van der Waals surface area contributed by atoms with Crippen molar-refractivity contribution >= 4 is 36.6 Å². The van der Waals surface area contributed by atoms with Crippen molar-refractivity contribution in [2.45, 2.75) is 5.85 Å². The van der Waals surface area contributed by atoms with Gasteiger partial charge in [0.05, 0.1) is 6.16 Å². The number of nitrogens with zero attached hydrogens (tertiary/aromatic N) is 1. The molecule has 112 valence electrons. The van der Waals surface area contributed by atoms with Crippen LogP contribution >= 0.6 is 24.7 Å². The normalized spacial score (nSPS) is 18.7. The first-order chi connectivity index (χ1) is 8.50. The Balaban J connectivity index is 4.62. The molecule has 11 nitrogen and oxygen atoms in total. The molecule has 0 saturated heterocycles. The maximum Gasteiger partial charge on any atom is 0.407 e. The molecule has 14 heteroatoms. The summed E-state index contributed by atoms with van der Waals surface area (Å²) >= 11 is 0. The molecule has 0 aromatic rings. The molecule has 0 rings (SSSR count). The molecule has 0 amide bonds. The molecular formula is C5H14N3O8P3. The van der Waals surface area contributed by atoms with Crippen molar-refractivity contribution in [2.75, 3.05) is 12.7 Å². The van der Waals surface area contributed by atoms with Crippen molar-refractivity contribution in [3.8, 4) is 0 Å². The second-order valence-electron chi connectivity index (χ2n) is 3.17. The number of carbonyl (C=O) groups excluding carboxylic acids is 1. The van der Waals surface area contributed by atoms with Crippen LogP contribution in [0.15, 0.2) is 4.99 Å². The van der Waals surface area contributed by atoms with Crippen LogP contribution in [0.5, 0.6) is 0 Å². The summed E-state index contributed by atoms with van der Waals surface area (Å²) in [6.45, 7) is -0.740. The molecule has 0 fully saturated rings. The number of aliphatic hydroxyl groups excluding tert-OH is 1. The molecule has 0 heterocycles. The summed E-state index contributed by atoms with van der Waals surface area (Å²) in [5.74, 6) is -4.02. The van der Waals surface area contributed by atoms with Crippen LogP contribution < -0.4 is 11.5 Å². The molecule has 0 aliphatic heterocycles. The fourth-order valence-electron chi connectivity index (χ4n) is 0.744. The first kappa shape index (κ1) is 18.5. The fraction of sp³-hybridized carbons (Fsp3) is 0.600. The van der Waals surface area contributed by atoms with Crippen LogP contribution in [-0.2, 0) is 22.8 Å². The van der Waals surface area contributed by atoms with E-state index in [1.54, 1.807) is 0 Å². The van der Waals surface area contributed by atoms with E-state index in [0.29, 0.717) is 0 Å². The summed E-state index contributed by atoms with van der Waals surface area (Å²) in [5.41, 5.74) is 9.83. The van der Waals surface area contributed by atoms with Crippen LogP contribution in [0.2, 0.25) is 0 Å². The van der Waals surface area contributed by atoms with E-state index in [4.69, 9.17) is 16.4 Å². The zero-order valence-electron chi connectivity index (χ0n) is 9.45. The van der Waals surface area contributed by atoms with E-state index in [-0.39, 0.29) is 0 Å². The highest BCUT2D eigenvalue weighted by molar-refractivity contribution is 7.59. The lowest BCUT2D eigenvalue weighted by molar-refractivity contribution is -0.133. The molecular weight excluding hydrogens is 323 g/mol. The van der Waals surface area contributed by atoms with E-state index in [1.165, 1.54) is 9.47 Å². The van der Waals surface area contributed by atoms with Gasteiger partial charge >= 0.3 is 21.2 Å². The molecule has 4 unspecified atom stereocenters. The van der Waals surface area contributed by atoms with E-state index in [1.807, 2.05) is 0 Å². The number of nitrogens with two attached hydrogens (primary N) is 2. The van der Waals surface area contributed by atoms with Gasteiger partial charge in [-0.25, -0.2) is 14.4 Å². The van der Waals surface area contributed by atoms with E-state index in [2.05, 4.69) is 13.8 Å². The highest BCUT2D eigenvalue weighted by Crippen LogP contribution is 2.54. The molecule has 0 aromatic heterocycles. The zero-order chi connectivity index (χ0) is 15.3. The molecule has 0 saturated carbocycles. The van der Waals surface area contributed by atoms with Gasteiger partial charge in [-0.15, -0.1) is 0 Å². The summed E-state index contributed by atoms with van der Waals surface area (Å²) in [7, 11) is -7.69. The van der Waals surface area contributed by atoms with Crippen LogP contribution in [-0.4, -0.2) is 45.4 Å². The van der Waals surface area contributed by atoms with Crippen molar-refractivity contribution in [1.29, 1.82) is 0 Å². The maximum absolute atomic E-state index is 11.4. The van der Waals surface area contributed by atoms with Gasteiger partial charge in [0.25, 0.3) is 0 Å². The zero-order valence-corrected chi connectivity index (χ0v) is 12.4. The van der Waals surface area contributed by atoms with Crippen LogP contribution in [0.3, 0.4) is 0 Å². The quantitative estimate of drug-likeness (QED) is 0.203. The Morgan fingerprint density at radius 2 is 1.89 bits per heavy atom. The monoisotopic (exact) mass is 337 g/mol. The summed E-state index contributed by atoms with van der Waals surface area (Å²) in [4.78, 5) is 32.5. The molecule has 19 heavy (non-hydrogen) atoms. The second-order valence-corrected chi connectivity index (χ2v) is 7.56. The van der Waals surface area contributed by atoms with E-state index >= 15 is 0 Å². The van der Waals surface area contributed by atoms with E-state index in [0.717, 1.165) is 0 Å². The van der Waals surface area contributed by atoms with Crippen molar-refractivity contribution in [3.63, 3.8) is 0 Å². The standard InChI is InChI=1S/C5H14N3O8P3/c6-5(7)8-1-3(9)15-19(13,14)4(10)2-18(11,12)16-17/h4,10H,1-2,17H2,(H,11,12)(H,13,14)(H4,6,7,8). The lowest BCUT2D eigenvalue weighted by Crippen LogP contribution is -2.25. The number of guanidine groups is 1. The molecule has 0 aromatic carbocycles. The van der Waals surface area contributed by atoms with Crippen molar-refractivity contribution in [2.24, 2.45) is 16.5 Å². The maximum atomic E-state index is 11.4. The lowest BCUT2D eigenvalue weighted by atomic mass is 10.7. The average Bonchev–Trinajstić information content (AvgIpc) is 2.25. The highest BCUT2D eigenvalue weighted by Gasteiger charge is 2.39. The average molecular weight is 337 g/mol. The SMILES string of the molecule is NC(N)=NCC(=O)OP(=O)(O)C(O)CP(=O)(O)OP. The third kappa shape index (κ3) is 7.59. The van der Waals surface area contributed by atoms with Crippen molar-refractivity contribution in [1.82, 2.24) is 0 Å². The van der Waals surface area contributed by atoms with Gasteiger partial charge in [0, 0.05) is 9.47 Å². The van der Waals surface area contributed by atoms with Crippen LogP contribution in [0.4, 0.5) is 0 Å². The highest BCUT2D eigenvalue weighted by atomic mass is 31.2. The minimum Gasteiger partial charge on any atom is -0.389 e. The number of carbonyl (C=O) groups is 1. The molecule has 7 N–H and O–H groups in total. The number of hydrogen-bond donors (Lipinski definition) is 5. The van der Waals surface area contributed by atoms with Crippen LogP contribution in [0.25, 0.3) is 0 Å². The Kier molecular flexibility index (Phi) is 7.10. The van der Waals surface area contributed by atoms with Gasteiger partial charge in [-0.3, -0.25) is 8.88 Å².